The van der Waals surface area contributed by atoms with Crippen molar-refractivity contribution in [2.45, 2.75) is 30.6 Å². The Morgan fingerprint density at radius 1 is 1.53 bits per heavy atom. The zero-order valence-electron chi connectivity index (χ0n) is 9.61. The third kappa shape index (κ3) is 3.02. The Balaban J connectivity index is 2.12. The first-order valence-electron chi connectivity index (χ1n) is 5.53. The predicted molar refractivity (Wildman–Crippen MR) is 76.1 cm³/mol. The molecule has 1 aromatic heterocycles. The molecule has 94 valence electrons. The number of rotatable bonds is 4. The van der Waals surface area contributed by atoms with Gasteiger partial charge in [-0.2, -0.15) is 16.7 Å². The quantitative estimate of drug-likeness (QED) is 0.584. The number of nitrogen functional groups attached to an aromatic ring is 1. The van der Waals surface area contributed by atoms with Gasteiger partial charge >= 0.3 is 0 Å². The van der Waals surface area contributed by atoms with E-state index in [1.165, 1.54) is 19.3 Å². The zero-order chi connectivity index (χ0) is 12.3. The SMILES string of the molecule is CSC1CCCC1Nc1nc(NN)ncc1Br. The lowest BCUT2D eigenvalue weighted by Crippen LogP contribution is -2.26. The number of hydrazine groups is 1. The molecule has 0 amide bonds. The van der Waals surface area contributed by atoms with Gasteiger partial charge in [0.25, 0.3) is 0 Å². The Bertz CT molecular complexity index is 389. The fourth-order valence-corrected chi connectivity index (χ4v) is 3.33. The lowest BCUT2D eigenvalue weighted by Gasteiger charge is -2.20. The van der Waals surface area contributed by atoms with E-state index < -0.39 is 0 Å². The first kappa shape index (κ1) is 12.9. The van der Waals surface area contributed by atoms with E-state index in [4.69, 9.17) is 5.84 Å². The maximum atomic E-state index is 5.31. The van der Waals surface area contributed by atoms with Crippen molar-refractivity contribution in [3.63, 3.8) is 0 Å². The number of hydrogen-bond donors (Lipinski definition) is 3. The summed E-state index contributed by atoms with van der Waals surface area (Å²) in [7, 11) is 0. The number of halogens is 1. The van der Waals surface area contributed by atoms with Crippen LogP contribution in [0.4, 0.5) is 11.8 Å². The van der Waals surface area contributed by atoms with Gasteiger partial charge in [0, 0.05) is 17.5 Å². The third-order valence-electron chi connectivity index (χ3n) is 2.95. The second-order valence-electron chi connectivity index (χ2n) is 3.99. The molecular weight excluding hydrogens is 302 g/mol. The largest absolute Gasteiger partial charge is 0.365 e. The van der Waals surface area contributed by atoms with Gasteiger partial charge in [0.1, 0.15) is 5.82 Å². The Hall–Kier alpha value is -0.530. The Morgan fingerprint density at radius 2 is 2.35 bits per heavy atom. The molecule has 1 aromatic rings. The van der Waals surface area contributed by atoms with Crippen molar-refractivity contribution in [1.29, 1.82) is 0 Å². The highest BCUT2D eigenvalue weighted by Gasteiger charge is 2.27. The molecule has 1 aliphatic rings. The predicted octanol–water partition coefficient (Wildman–Crippen LogP) is 2.22. The van der Waals surface area contributed by atoms with Gasteiger partial charge in [0.2, 0.25) is 5.95 Å². The highest BCUT2D eigenvalue weighted by atomic mass is 79.9. The number of thioether (sulfide) groups is 1. The number of nitrogens with two attached hydrogens (primary N) is 1. The summed E-state index contributed by atoms with van der Waals surface area (Å²) in [6.07, 6.45) is 7.59. The van der Waals surface area contributed by atoms with Crippen LogP contribution in [0.15, 0.2) is 10.7 Å². The van der Waals surface area contributed by atoms with Gasteiger partial charge in [-0.25, -0.2) is 10.8 Å². The van der Waals surface area contributed by atoms with E-state index in [-0.39, 0.29) is 0 Å². The first-order valence-corrected chi connectivity index (χ1v) is 7.61. The molecule has 2 rings (SSSR count). The van der Waals surface area contributed by atoms with E-state index in [9.17, 15) is 0 Å². The smallest absolute Gasteiger partial charge is 0.239 e. The molecule has 5 nitrogen and oxygen atoms in total. The van der Waals surface area contributed by atoms with Gasteiger partial charge in [-0.1, -0.05) is 6.42 Å². The molecule has 0 spiro atoms. The van der Waals surface area contributed by atoms with Crippen LogP contribution in [0.25, 0.3) is 0 Å². The van der Waals surface area contributed by atoms with E-state index in [1.807, 2.05) is 11.8 Å². The van der Waals surface area contributed by atoms with Crippen molar-refractivity contribution >= 4 is 39.5 Å². The van der Waals surface area contributed by atoms with Crippen molar-refractivity contribution in [1.82, 2.24) is 9.97 Å². The number of anilines is 2. The zero-order valence-corrected chi connectivity index (χ0v) is 12.0. The van der Waals surface area contributed by atoms with Crippen LogP contribution in [0.2, 0.25) is 0 Å². The fourth-order valence-electron chi connectivity index (χ4n) is 2.09. The van der Waals surface area contributed by atoms with Crippen LogP contribution in [0.3, 0.4) is 0 Å². The van der Waals surface area contributed by atoms with Gasteiger partial charge in [0.05, 0.1) is 4.47 Å². The third-order valence-corrected chi connectivity index (χ3v) is 4.70. The van der Waals surface area contributed by atoms with Gasteiger partial charge in [-0.15, -0.1) is 0 Å². The molecule has 7 heteroatoms. The number of aromatic nitrogens is 2. The number of nitrogens with zero attached hydrogens (tertiary/aromatic N) is 2. The van der Waals surface area contributed by atoms with Crippen molar-refractivity contribution < 1.29 is 0 Å². The summed E-state index contributed by atoms with van der Waals surface area (Å²) in [5, 5.41) is 4.13. The lowest BCUT2D eigenvalue weighted by molar-refractivity contribution is 0.761. The Labute approximate surface area is 113 Å². The van der Waals surface area contributed by atoms with Crippen LogP contribution in [-0.2, 0) is 0 Å². The Kier molecular flexibility index (Phi) is 4.47. The van der Waals surface area contributed by atoms with Crippen LogP contribution in [0, 0.1) is 0 Å². The van der Waals surface area contributed by atoms with Crippen LogP contribution < -0.4 is 16.6 Å². The van der Waals surface area contributed by atoms with Crippen molar-refractivity contribution in [2.24, 2.45) is 5.84 Å². The molecule has 0 aromatic carbocycles. The molecule has 0 radical (unpaired) electrons. The van der Waals surface area contributed by atoms with Gasteiger partial charge in [0.15, 0.2) is 0 Å². The Morgan fingerprint density at radius 3 is 3.06 bits per heavy atom. The van der Waals surface area contributed by atoms with Crippen molar-refractivity contribution in [2.75, 3.05) is 17.0 Å². The van der Waals surface area contributed by atoms with Crippen molar-refractivity contribution in [3.05, 3.63) is 10.7 Å². The normalized spacial score (nSPS) is 23.7. The maximum Gasteiger partial charge on any atom is 0.239 e. The van der Waals surface area contributed by atoms with Crippen LogP contribution in [0.1, 0.15) is 19.3 Å². The summed E-state index contributed by atoms with van der Waals surface area (Å²) in [6, 6.07) is 0.474. The summed E-state index contributed by atoms with van der Waals surface area (Å²) >= 11 is 5.36. The minimum absolute atomic E-state index is 0.425. The minimum atomic E-state index is 0.425. The molecule has 1 heterocycles. The molecular formula is C10H16BrN5S. The van der Waals surface area contributed by atoms with E-state index in [0.717, 1.165) is 10.3 Å². The molecule has 1 fully saturated rings. The molecule has 1 aliphatic carbocycles. The highest BCUT2D eigenvalue weighted by molar-refractivity contribution is 9.10. The van der Waals surface area contributed by atoms with E-state index in [2.05, 4.69) is 42.9 Å². The van der Waals surface area contributed by atoms with Crippen LogP contribution in [0.5, 0.6) is 0 Å². The van der Waals surface area contributed by atoms with Crippen LogP contribution >= 0.6 is 27.7 Å². The molecule has 0 aliphatic heterocycles. The van der Waals surface area contributed by atoms with E-state index in [1.54, 1.807) is 6.20 Å². The molecule has 0 bridgehead atoms. The average molecular weight is 318 g/mol. The standard InChI is InChI=1S/C10H16BrN5S/c1-17-8-4-2-3-7(8)14-9-6(11)5-13-10(15-9)16-12/h5,7-8H,2-4,12H2,1H3,(H2,13,14,15,16). The summed E-state index contributed by atoms with van der Waals surface area (Å²) in [6.45, 7) is 0. The molecule has 2 unspecified atom stereocenters. The van der Waals surface area contributed by atoms with Crippen LogP contribution in [-0.4, -0.2) is 27.5 Å². The van der Waals surface area contributed by atoms with Crippen molar-refractivity contribution in [3.8, 4) is 0 Å². The summed E-state index contributed by atoms with van der Waals surface area (Å²) in [5.41, 5.74) is 2.46. The minimum Gasteiger partial charge on any atom is -0.365 e. The average Bonchev–Trinajstić information content (AvgIpc) is 2.79. The lowest BCUT2D eigenvalue weighted by atomic mass is 10.2. The molecule has 17 heavy (non-hydrogen) atoms. The summed E-state index contributed by atoms with van der Waals surface area (Å²) < 4.78 is 0.864. The van der Waals surface area contributed by atoms with Gasteiger partial charge < -0.3 is 5.32 Å². The number of nitrogens with one attached hydrogen (secondary N) is 2. The summed E-state index contributed by atoms with van der Waals surface area (Å²) in [4.78, 5) is 8.34. The molecule has 0 saturated heterocycles. The number of hydrogen-bond acceptors (Lipinski definition) is 6. The second-order valence-corrected chi connectivity index (χ2v) is 5.92. The molecule has 1 saturated carbocycles. The summed E-state index contributed by atoms with van der Waals surface area (Å²) in [5.74, 6) is 6.54. The monoisotopic (exact) mass is 317 g/mol. The highest BCUT2D eigenvalue weighted by Crippen LogP contribution is 2.32. The molecule has 4 N–H and O–H groups in total. The van der Waals surface area contributed by atoms with E-state index >= 15 is 0 Å². The maximum absolute atomic E-state index is 5.31. The van der Waals surface area contributed by atoms with Gasteiger partial charge in [-0.3, -0.25) is 5.43 Å². The fraction of sp³-hybridized carbons (Fsp3) is 0.600. The first-order chi connectivity index (χ1) is 8.24. The molecule has 2 atom stereocenters. The second kappa shape index (κ2) is 5.88. The van der Waals surface area contributed by atoms with E-state index in [0.29, 0.717) is 17.2 Å². The topological polar surface area (TPSA) is 75.9 Å². The van der Waals surface area contributed by atoms with Gasteiger partial charge in [-0.05, 0) is 35.0 Å².